The summed E-state index contributed by atoms with van der Waals surface area (Å²) in [4.78, 5) is 37.6. The summed E-state index contributed by atoms with van der Waals surface area (Å²) < 4.78 is 5.86. The fourth-order valence-electron chi connectivity index (χ4n) is 6.07. The molecule has 1 aliphatic carbocycles. The van der Waals surface area contributed by atoms with Gasteiger partial charge in [0.2, 0.25) is 5.78 Å². The van der Waals surface area contributed by atoms with Crippen LogP contribution in [0.1, 0.15) is 162 Å². The van der Waals surface area contributed by atoms with Gasteiger partial charge in [-0.2, -0.15) is 0 Å². The van der Waals surface area contributed by atoms with Gasteiger partial charge in [0.15, 0.2) is 0 Å². The Kier molecular flexibility index (Phi) is 25.5. The van der Waals surface area contributed by atoms with Crippen LogP contribution in [0.4, 0.5) is 0 Å². The zero-order chi connectivity index (χ0) is 33.0. The maximum absolute atomic E-state index is 12.5. The highest BCUT2D eigenvalue weighted by molar-refractivity contribution is 6.18. The van der Waals surface area contributed by atoms with Crippen LogP contribution in [0.2, 0.25) is 0 Å². The van der Waals surface area contributed by atoms with E-state index in [1.807, 2.05) is 6.92 Å². The predicted molar refractivity (Wildman–Crippen MR) is 188 cm³/mol. The molecule has 0 saturated heterocycles. The van der Waals surface area contributed by atoms with Crippen LogP contribution >= 0.6 is 0 Å². The van der Waals surface area contributed by atoms with E-state index in [1.165, 1.54) is 70.6 Å². The Hall–Kier alpha value is -2.15. The van der Waals surface area contributed by atoms with Gasteiger partial charge in [0.25, 0.3) is 0 Å². The summed E-state index contributed by atoms with van der Waals surface area (Å²) in [5.74, 6) is 0.0174. The molecule has 7 heteroatoms. The topological polar surface area (TPSA) is 87.7 Å². The molecular formula is C38H69N3O4. The molecule has 260 valence electrons. The van der Waals surface area contributed by atoms with Crippen molar-refractivity contribution in [2.24, 2.45) is 0 Å². The van der Waals surface area contributed by atoms with Crippen molar-refractivity contribution in [1.82, 2.24) is 15.5 Å². The van der Waals surface area contributed by atoms with Crippen molar-refractivity contribution < 1.29 is 19.1 Å². The molecule has 0 saturated carbocycles. The standard InChI is InChI=1S/C38H69N3O4/c1-5-8-9-10-14-19-26-34(25-6-2)45-35(43)27-20-15-13-17-22-30-41(29-21-16-11-12-18-23-32-42)31-24-28-40-36-33(4)38(44)37(36)39-7-3/h32,34,39-40H,4-31H2,1-3H3. The van der Waals surface area contributed by atoms with E-state index in [4.69, 9.17) is 4.74 Å². The molecular weight excluding hydrogens is 562 g/mol. The fraction of sp³-hybridized carbons (Fsp3) is 0.816. The van der Waals surface area contributed by atoms with E-state index in [1.54, 1.807) is 0 Å². The van der Waals surface area contributed by atoms with Gasteiger partial charge in [-0.3, -0.25) is 9.59 Å². The van der Waals surface area contributed by atoms with E-state index in [0.29, 0.717) is 24.1 Å². The van der Waals surface area contributed by atoms with Crippen LogP contribution in [0.25, 0.3) is 0 Å². The molecule has 0 aromatic carbocycles. The van der Waals surface area contributed by atoms with Crippen molar-refractivity contribution in [3.05, 3.63) is 23.5 Å². The van der Waals surface area contributed by atoms with Crippen molar-refractivity contribution in [1.29, 1.82) is 0 Å². The summed E-state index contributed by atoms with van der Waals surface area (Å²) in [6.45, 7) is 15.1. The zero-order valence-corrected chi connectivity index (χ0v) is 29.5. The van der Waals surface area contributed by atoms with Crippen LogP contribution in [0.15, 0.2) is 23.5 Å². The maximum Gasteiger partial charge on any atom is 0.306 e. The summed E-state index contributed by atoms with van der Waals surface area (Å²) in [5.41, 5.74) is 2.14. The second kappa shape index (κ2) is 28.1. The molecule has 0 heterocycles. The number of carbonyl (C=O) groups is 3. The fourth-order valence-corrected chi connectivity index (χ4v) is 6.07. The summed E-state index contributed by atoms with van der Waals surface area (Å²) in [5, 5.41) is 6.57. The minimum absolute atomic E-state index is 0.00595. The molecule has 0 radical (unpaired) electrons. The summed E-state index contributed by atoms with van der Waals surface area (Å²) in [6.07, 6.45) is 25.4. The number of allylic oxidation sites excluding steroid dienone is 2. The highest BCUT2D eigenvalue weighted by Gasteiger charge is 2.31. The Morgan fingerprint density at radius 2 is 1.33 bits per heavy atom. The first-order valence-corrected chi connectivity index (χ1v) is 18.8. The third-order valence-corrected chi connectivity index (χ3v) is 8.80. The van der Waals surface area contributed by atoms with Crippen LogP contribution in [-0.4, -0.2) is 61.8 Å². The first-order chi connectivity index (χ1) is 22.0. The Balaban J connectivity index is 2.30. The smallest absolute Gasteiger partial charge is 0.306 e. The van der Waals surface area contributed by atoms with Crippen molar-refractivity contribution in [2.45, 2.75) is 168 Å². The lowest BCUT2D eigenvalue weighted by atomic mass is 9.93. The number of hydrogen-bond acceptors (Lipinski definition) is 7. The Morgan fingerprint density at radius 1 is 0.733 bits per heavy atom. The minimum atomic E-state index is -0.00595. The quantitative estimate of drug-likeness (QED) is 0.0325. The third kappa shape index (κ3) is 19.9. The van der Waals surface area contributed by atoms with Crippen LogP contribution in [0.5, 0.6) is 0 Å². The Bertz CT molecular complexity index is 841. The molecule has 45 heavy (non-hydrogen) atoms. The summed E-state index contributed by atoms with van der Waals surface area (Å²) >= 11 is 0. The lowest BCUT2D eigenvalue weighted by Gasteiger charge is -2.27. The number of carbonyl (C=O) groups excluding carboxylic acids is 3. The van der Waals surface area contributed by atoms with Gasteiger partial charge in [0.05, 0.1) is 5.70 Å². The van der Waals surface area contributed by atoms with Gasteiger partial charge in [-0.25, -0.2) is 0 Å². The third-order valence-electron chi connectivity index (χ3n) is 8.80. The zero-order valence-electron chi connectivity index (χ0n) is 29.5. The van der Waals surface area contributed by atoms with Crippen molar-refractivity contribution >= 4 is 18.0 Å². The van der Waals surface area contributed by atoms with Crippen molar-refractivity contribution in [3.8, 4) is 0 Å². The van der Waals surface area contributed by atoms with E-state index >= 15 is 0 Å². The SMILES string of the molecule is C=C1C(=O)C(NCC)=C1NCCCN(CCCCCCCC=O)CCCCCCCC(=O)OC(CCC)CCCCCCCC. The number of nitrogens with one attached hydrogen (secondary N) is 2. The highest BCUT2D eigenvalue weighted by Crippen LogP contribution is 2.24. The van der Waals surface area contributed by atoms with E-state index in [-0.39, 0.29) is 17.9 Å². The Labute approximate surface area is 276 Å². The van der Waals surface area contributed by atoms with Gasteiger partial charge < -0.3 is 25.1 Å². The summed E-state index contributed by atoms with van der Waals surface area (Å²) in [7, 11) is 0. The van der Waals surface area contributed by atoms with Gasteiger partial charge in [0, 0.05) is 31.5 Å². The number of Topliss-reactive ketones (excluding diaryl/α,β-unsaturated/α-hetero) is 1. The van der Waals surface area contributed by atoms with Gasteiger partial charge in [-0.1, -0.05) is 97.5 Å². The molecule has 0 bridgehead atoms. The molecule has 0 fully saturated rings. The number of aldehydes is 1. The van der Waals surface area contributed by atoms with Gasteiger partial charge in [-0.05, 0) is 77.9 Å². The largest absolute Gasteiger partial charge is 0.462 e. The number of likely N-dealkylation sites (N-methyl/N-ethyl adjacent to an activating group) is 1. The molecule has 0 amide bonds. The number of unbranched alkanes of at least 4 members (excludes halogenated alkanes) is 14. The number of nitrogens with zero attached hydrogens (tertiary/aromatic N) is 1. The first kappa shape index (κ1) is 40.9. The normalized spacial score (nSPS) is 13.7. The van der Waals surface area contributed by atoms with E-state index in [9.17, 15) is 14.4 Å². The van der Waals surface area contributed by atoms with Crippen LogP contribution in [-0.2, 0) is 19.1 Å². The lowest BCUT2D eigenvalue weighted by molar-refractivity contribution is -0.150. The number of ether oxygens (including phenoxy) is 1. The van der Waals surface area contributed by atoms with Gasteiger partial charge >= 0.3 is 5.97 Å². The minimum Gasteiger partial charge on any atom is -0.462 e. The molecule has 7 nitrogen and oxygen atoms in total. The molecule has 0 spiro atoms. The summed E-state index contributed by atoms with van der Waals surface area (Å²) in [6, 6.07) is 0. The molecule has 1 aliphatic rings. The van der Waals surface area contributed by atoms with E-state index in [2.05, 4.69) is 36.0 Å². The second-order valence-corrected chi connectivity index (χ2v) is 12.9. The molecule has 0 aromatic heterocycles. The van der Waals surface area contributed by atoms with Crippen LogP contribution < -0.4 is 10.6 Å². The molecule has 1 atom stereocenters. The number of hydrogen-bond donors (Lipinski definition) is 2. The van der Waals surface area contributed by atoms with Gasteiger partial charge in [0.1, 0.15) is 18.1 Å². The number of ketones is 1. The average molecular weight is 632 g/mol. The lowest BCUT2D eigenvalue weighted by Crippen LogP contribution is -2.39. The number of rotatable bonds is 33. The molecule has 1 unspecified atom stereocenters. The molecule has 0 aromatic rings. The predicted octanol–water partition coefficient (Wildman–Crippen LogP) is 8.57. The second-order valence-electron chi connectivity index (χ2n) is 12.9. The van der Waals surface area contributed by atoms with Crippen molar-refractivity contribution in [3.63, 3.8) is 0 Å². The maximum atomic E-state index is 12.5. The molecule has 1 rings (SSSR count). The first-order valence-electron chi connectivity index (χ1n) is 18.8. The monoisotopic (exact) mass is 632 g/mol. The Morgan fingerprint density at radius 3 is 1.98 bits per heavy atom. The van der Waals surface area contributed by atoms with Gasteiger partial charge in [-0.15, -0.1) is 0 Å². The van der Waals surface area contributed by atoms with Crippen LogP contribution in [0.3, 0.4) is 0 Å². The van der Waals surface area contributed by atoms with E-state index in [0.717, 1.165) is 102 Å². The average Bonchev–Trinajstić information content (AvgIpc) is 3.04. The van der Waals surface area contributed by atoms with E-state index < -0.39 is 0 Å². The highest BCUT2D eigenvalue weighted by atomic mass is 16.5. The number of esters is 1. The van der Waals surface area contributed by atoms with Crippen molar-refractivity contribution in [2.75, 3.05) is 32.7 Å². The molecule has 2 N–H and O–H groups in total. The molecule has 0 aliphatic heterocycles. The van der Waals surface area contributed by atoms with Crippen LogP contribution in [0, 0.1) is 0 Å².